The van der Waals surface area contributed by atoms with Crippen LogP contribution in [0, 0.1) is 11.7 Å². The van der Waals surface area contributed by atoms with Gasteiger partial charge in [0, 0.05) is 12.6 Å². The van der Waals surface area contributed by atoms with Crippen LogP contribution in [0.25, 0.3) is 0 Å². The molecule has 1 heterocycles. The zero-order valence-electron chi connectivity index (χ0n) is 15.7. The van der Waals surface area contributed by atoms with E-state index in [0.717, 1.165) is 25.5 Å². The average molecular weight is 358 g/mol. The highest BCUT2D eigenvalue weighted by Gasteiger charge is 2.23. The number of carbonyl (C=O) groups excluding carboxylic acids is 1. The quantitative estimate of drug-likeness (QED) is 0.608. The maximum absolute atomic E-state index is 14.0. The van der Waals surface area contributed by atoms with E-state index in [1.165, 1.54) is 16.8 Å². The Hall–Kier alpha value is -2.34. The zero-order chi connectivity index (χ0) is 18.9. The summed E-state index contributed by atoms with van der Waals surface area (Å²) < 4.78 is 14.0. The molecule has 0 radical (unpaired) electrons. The smallest absolute Gasteiger partial charge is 0.215 e. The molecule has 0 saturated carbocycles. The molecule has 0 aliphatic carbocycles. The number of aromatic nitrogens is 2. The topological polar surface area (TPSA) is 49.3 Å². The van der Waals surface area contributed by atoms with E-state index in [0.29, 0.717) is 13.0 Å². The summed E-state index contributed by atoms with van der Waals surface area (Å²) in [6.45, 7) is 2.55. The maximum Gasteiger partial charge on any atom is 0.215 e. The van der Waals surface area contributed by atoms with Crippen molar-refractivity contribution in [1.29, 1.82) is 0 Å². The Balaban J connectivity index is 2.18. The van der Waals surface area contributed by atoms with E-state index in [4.69, 9.17) is 0 Å². The molecule has 0 fully saturated rings. The Labute approximate surface area is 154 Å². The van der Waals surface area contributed by atoms with Gasteiger partial charge in [0.15, 0.2) is 11.6 Å². The molecule has 26 heavy (non-hydrogen) atoms. The minimum Gasteiger partial charge on any atom is -0.302 e. The summed E-state index contributed by atoms with van der Waals surface area (Å²) in [5.41, 5.74) is 1.24. The summed E-state index contributed by atoms with van der Waals surface area (Å²) in [6, 6.07) is 10.6. The number of carbonyl (C=O) groups is 1. The first-order chi connectivity index (χ1) is 12.6. The molecule has 2 atom stereocenters. The normalized spacial score (nSPS) is 13.4. The van der Waals surface area contributed by atoms with Gasteiger partial charge in [-0.25, -0.2) is 14.4 Å². The van der Waals surface area contributed by atoms with E-state index in [-0.39, 0.29) is 17.8 Å². The number of rotatable bonds is 10. The molecule has 5 nitrogen and oxygen atoms in total. The van der Waals surface area contributed by atoms with Crippen molar-refractivity contribution in [3.05, 3.63) is 54.2 Å². The third kappa shape index (κ3) is 5.33. The van der Waals surface area contributed by atoms with Gasteiger partial charge in [0.2, 0.25) is 6.41 Å². The van der Waals surface area contributed by atoms with Gasteiger partial charge >= 0.3 is 0 Å². The van der Waals surface area contributed by atoms with Crippen LogP contribution in [-0.4, -0.2) is 41.9 Å². The highest BCUT2D eigenvalue weighted by molar-refractivity contribution is 5.72. The molecular formula is C20H27FN4O. The van der Waals surface area contributed by atoms with Gasteiger partial charge in [-0.1, -0.05) is 43.7 Å². The highest BCUT2D eigenvalue weighted by Crippen LogP contribution is 2.29. The lowest BCUT2D eigenvalue weighted by molar-refractivity contribution is -0.107. The fraction of sp³-hybridized carbons (Fsp3) is 0.450. The molecule has 0 saturated heterocycles. The molecule has 0 bridgehead atoms. The number of anilines is 1. The van der Waals surface area contributed by atoms with E-state index in [1.807, 2.05) is 18.2 Å². The first-order valence-electron chi connectivity index (χ1n) is 8.95. The summed E-state index contributed by atoms with van der Waals surface area (Å²) >= 11 is 0. The van der Waals surface area contributed by atoms with Crippen molar-refractivity contribution < 1.29 is 9.18 Å². The Morgan fingerprint density at radius 3 is 2.54 bits per heavy atom. The Morgan fingerprint density at radius 1 is 1.23 bits per heavy atom. The van der Waals surface area contributed by atoms with Gasteiger partial charge in [-0.3, -0.25) is 9.69 Å². The molecule has 2 rings (SSSR count). The van der Waals surface area contributed by atoms with Crippen molar-refractivity contribution in [2.75, 3.05) is 25.5 Å². The highest BCUT2D eigenvalue weighted by atomic mass is 19.1. The third-order valence-electron chi connectivity index (χ3n) is 4.56. The predicted octanol–water partition coefficient (Wildman–Crippen LogP) is 3.69. The molecule has 2 aromatic rings. The third-order valence-corrected chi connectivity index (χ3v) is 4.56. The van der Waals surface area contributed by atoms with E-state index in [9.17, 15) is 9.18 Å². The van der Waals surface area contributed by atoms with Gasteiger partial charge in [0.05, 0.1) is 6.20 Å². The number of amides is 1. The minimum atomic E-state index is -0.581. The summed E-state index contributed by atoms with van der Waals surface area (Å²) in [4.78, 5) is 22.7. The van der Waals surface area contributed by atoms with Crippen LogP contribution in [0.5, 0.6) is 0 Å². The number of halogens is 1. The van der Waals surface area contributed by atoms with Crippen LogP contribution in [0.4, 0.5) is 10.2 Å². The van der Waals surface area contributed by atoms with E-state index in [1.54, 1.807) is 0 Å². The molecule has 0 spiro atoms. The van der Waals surface area contributed by atoms with E-state index >= 15 is 0 Å². The summed E-state index contributed by atoms with van der Waals surface area (Å²) in [7, 11) is 4.12. The van der Waals surface area contributed by atoms with Gasteiger partial charge in [-0.05, 0) is 38.4 Å². The van der Waals surface area contributed by atoms with Crippen LogP contribution in [0.1, 0.15) is 37.8 Å². The fourth-order valence-corrected chi connectivity index (χ4v) is 3.30. The number of hydrogen-bond acceptors (Lipinski definition) is 4. The predicted molar refractivity (Wildman–Crippen MR) is 101 cm³/mol. The molecule has 1 aromatic heterocycles. The monoisotopic (exact) mass is 358 g/mol. The van der Waals surface area contributed by atoms with Crippen molar-refractivity contribution in [2.24, 2.45) is 5.92 Å². The lowest BCUT2D eigenvalue weighted by Gasteiger charge is -2.31. The summed E-state index contributed by atoms with van der Waals surface area (Å²) in [5.74, 6) is -0.313. The Morgan fingerprint density at radius 2 is 1.96 bits per heavy atom. The van der Waals surface area contributed by atoms with Crippen molar-refractivity contribution in [2.45, 2.75) is 32.2 Å². The maximum atomic E-state index is 14.0. The number of nitrogens with zero attached hydrogens (tertiary/aromatic N) is 4. The molecule has 0 aliphatic heterocycles. The standard InChI is InChI=1S/C20H27FN4O/c1-4-8-16(11-19(24(2)3)17-9-6-5-7-10-17)13-25(15-26)20-18(21)12-22-14-23-20/h5-7,9-10,12,14-16,19H,4,8,11,13H2,1-3H3. The van der Waals surface area contributed by atoms with Crippen LogP contribution >= 0.6 is 0 Å². The minimum absolute atomic E-state index is 0.0391. The molecule has 0 aliphatic rings. The first-order valence-corrected chi connectivity index (χ1v) is 8.95. The molecular weight excluding hydrogens is 331 g/mol. The lowest BCUT2D eigenvalue weighted by atomic mass is 9.90. The molecule has 140 valence electrons. The fourth-order valence-electron chi connectivity index (χ4n) is 3.30. The van der Waals surface area contributed by atoms with Crippen molar-refractivity contribution in [3.8, 4) is 0 Å². The second-order valence-corrected chi connectivity index (χ2v) is 6.73. The average Bonchev–Trinajstić information content (AvgIpc) is 2.65. The van der Waals surface area contributed by atoms with Crippen LogP contribution < -0.4 is 4.90 Å². The number of hydrogen-bond donors (Lipinski definition) is 0. The SMILES string of the molecule is CCCC(CC(c1ccccc1)N(C)C)CN(C=O)c1ncncc1F. The lowest BCUT2D eigenvalue weighted by Crippen LogP contribution is -2.32. The summed E-state index contributed by atoms with van der Waals surface area (Å²) in [6.07, 6.45) is 5.83. The summed E-state index contributed by atoms with van der Waals surface area (Å²) in [5, 5.41) is 0. The van der Waals surface area contributed by atoms with Crippen LogP contribution in [0.3, 0.4) is 0 Å². The van der Waals surface area contributed by atoms with E-state index < -0.39 is 5.82 Å². The molecule has 1 amide bonds. The van der Waals surface area contributed by atoms with Gasteiger partial charge < -0.3 is 4.90 Å². The van der Waals surface area contributed by atoms with Crippen LogP contribution in [0.15, 0.2) is 42.9 Å². The van der Waals surface area contributed by atoms with Crippen LogP contribution in [-0.2, 0) is 4.79 Å². The van der Waals surface area contributed by atoms with Gasteiger partial charge in [0.25, 0.3) is 0 Å². The zero-order valence-corrected chi connectivity index (χ0v) is 15.7. The Kier molecular flexibility index (Phi) is 7.66. The largest absolute Gasteiger partial charge is 0.302 e. The molecule has 0 N–H and O–H groups in total. The van der Waals surface area contributed by atoms with Crippen molar-refractivity contribution in [3.63, 3.8) is 0 Å². The van der Waals surface area contributed by atoms with Crippen molar-refractivity contribution >= 4 is 12.2 Å². The molecule has 6 heteroatoms. The van der Waals surface area contributed by atoms with Gasteiger partial charge in [-0.2, -0.15) is 0 Å². The first kappa shape index (κ1) is 20.0. The Bertz CT molecular complexity index is 681. The van der Waals surface area contributed by atoms with Crippen molar-refractivity contribution in [1.82, 2.24) is 14.9 Å². The van der Waals surface area contributed by atoms with Crippen LogP contribution in [0.2, 0.25) is 0 Å². The van der Waals surface area contributed by atoms with E-state index in [2.05, 4.69) is 48.0 Å². The molecule has 2 unspecified atom stereocenters. The second-order valence-electron chi connectivity index (χ2n) is 6.73. The van der Waals surface area contributed by atoms with Gasteiger partial charge in [-0.15, -0.1) is 0 Å². The second kappa shape index (κ2) is 9.97. The molecule has 1 aromatic carbocycles. The van der Waals surface area contributed by atoms with Gasteiger partial charge in [0.1, 0.15) is 6.33 Å². The number of benzene rings is 1.